The van der Waals surface area contributed by atoms with E-state index in [1.165, 1.54) is 6.07 Å². The molecule has 202 valence electrons. The van der Waals surface area contributed by atoms with Crippen molar-refractivity contribution < 1.29 is 23.9 Å². The maximum Gasteiger partial charge on any atom is 0.306 e. The summed E-state index contributed by atoms with van der Waals surface area (Å²) in [6, 6.07) is 14.4. The quantitative estimate of drug-likeness (QED) is 0.242. The normalized spacial score (nSPS) is 15.1. The Labute approximate surface area is 223 Å². The molecule has 3 aromatic rings. The number of halogens is 1. The summed E-state index contributed by atoms with van der Waals surface area (Å²) >= 11 is 0. The molecule has 0 spiro atoms. The van der Waals surface area contributed by atoms with Crippen LogP contribution in [-0.4, -0.2) is 54.7 Å². The number of rotatable bonds is 10. The lowest BCUT2D eigenvalue weighted by atomic mass is 9.88. The van der Waals surface area contributed by atoms with Crippen molar-refractivity contribution in [3.05, 3.63) is 93.8 Å². The second kappa shape index (κ2) is 12.7. The lowest BCUT2D eigenvalue weighted by Crippen LogP contribution is -2.18. The maximum atomic E-state index is 14.2. The average Bonchev–Trinajstić information content (AvgIpc) is 3.00. The van der Waals surface area contributed by atoms with E-state index in [2.05, 4.69) is 22.0 Å². The molecule has 38 heavy (non-hydrogen) atoms. The van der Waals surface area contributed by atoms with Crippen molar-refractivity contribution in [1.29, 1.82) is 0 Å². The Morgan fingerprint density at radius 3 is 2.76 bits per heavy atom. The summed E-state index contributed by atoms with van der Waals surface area (Å²) in [5.41, 5.74) is 5.67. The number of hydrogen-bond donors (Lipinski definition) is 1. The van der Waals surface area contributed by atoms with E-state index < -0.39 is 0 Å². The zero-order valence-electron chi connectivity index (χ0n) is 22.3. The summed E-state index contributed by atoms with van der Waals surface area (Å²) in [5.74, 6) is 0.196. The standard InChI is InChI=1S/C30H36FN3O4/c1-4-37-30(35)19-24-14-21-16-25(20-33(2)3)28(18-22(21)15-23-17-26(31)9-10-27(23)24)38-13-7-11-32-29-8-5-6-12-34(29)36/h5-6,8-10,12,16-18,24,36H,4,7,11,13-15,19-20H2,1-3H3. The summed E-state index contributed by atoms with van der Waals surface area (Å²) in [7, 11) is 4.03. The summed E-state index contributed by atoms with van der Waals surface area (Å²) in [4.78, 5) is 18.9. The molecular formula is C30H36FN3O4. The molecule has 0 amide bonds. The summed E-state index contributed by atoms with van der Waals surface area (Å²) in [5, 5.41) is 9.82. The molecule has 0 radical (unpaired) electrons. The van der Waals surface area contributed by atoms with Gasteiger partial charge in [0.05, 0.1) is 19.6 Å². The van der Waals surface area contributed by atoms with Gasteiger partial charge in [0.1, 0.15) is 11.6 Å². The number of nitrogens with zero attached hydrogens (tertiary/aromatic N) is 3. The van der Waals surface area contributed by atoms with Gasteiger partial charge in [-0.25, -0.2) is 4.39 Å². The maximum absolute atomic E-state index is 14.2. The van der Waals surface area contributed by atoms with Gasteiger partial charge in [0.25, 0.3) is 0 Å². The molecule has 0 bridgehead atoms. The molecule has 1 N–H and O–H groups in total. The highest BCUT2D eigenvalue weighted by Gasteiger charge is 2.26. The number of benzene rings is 2. The van der Waals surface area contributed by atoms with E-state index in [1.54, 1.807) is 31.3 Å². The molecule has 0 fully saturated rings. The van der Waals surface area contributed by atoms with Crippen LogP contribution in [0, 0.1) is 5.82 Å². The van der Waals surface area contributed by atoms with E-state index >= 15 is 0 Å². The molecule has 8 heteroatoms. The van der Waals surface area contributed by atoms with E-state index in [9.17, 15) is 14.4 Å². The first kappa shape index (κ1) is 27.4. The van der Waals surface area contributed by atoms with Crippen LogP contribution in [0.1, 0.15) is 53.5 Å². The first-order valence-electron chi connectivity index (χ1n) is 13.1. The van der Waals surface area contributed by atoms with E-state index in [0.717, 1.165) is 38.3 Å². The van der Waals surface area contributed by atoms with Crippen molar-refractivity contribution in [2.75, 3.05) is 33.9 Å². The fourth-order valence-electron chi connectivity index (χ4n) is 4.97. The molecule has 1 atom stereocenters. The predicted molar refractivity (Wildman–Crippen MR) is 143 cm³/mol. The summed E-state index contributed by atoms with van der Waals surface area (Å²) in [6.45, 7) is 3.83. The Morgan fingerprint density at radius 1 is 1.16 bits per heavy atom. The molecule has 7 nitrogen and oxygen atoms in total. The summed E-state index contributed by atoms with van der Waals surface area (Å²) < 4.78 is 26.7. The van der Waals surface area contributed by atoms with Gasteiger partial charge in [-0.2, -0.15) is 4.73 Å². The number of pyridine rings is 1. The molecule has 2 aromatic carbocycles. The van der Waals surface area contributed by atoms with Crippen LogP contribution in [-0.2, 0) is 28.9 Å². The predicted octanol–water partition coefficient (Wildman–Crippen LogP) is 4.48. The molecule has 1 aliphatic carbocycles. The largest absolute Gasteiger partial charge is 0.493 e. The number of aromatic nitrogens is 1. The minimum Gasteiger partial charge on any atom is -0.493 e. The van der Waals surface area contributed by atoms with Crippen molar-refractivity contribution >= 4 is 5.97 Å². The number of fused-ring (bicyclic) bond motifs is 2. The third kappa shape index (κ3) is 7.01. The fourth-order valence-corrected chi connectivity index (χ4v) is 4.97. The number of hydrogen-bond acceptors (Lipinski definition) is 6. The fraction of sp³-hybridized carbons (Fsp3) is 0.400. The minimum absolute atomic E-state index is 0.0845. The summed E-state index contributed by atoms with van der Waals surface area (Å²) in [6.07, 6.45) is 3.72. The van der Waals surface area contributed by atoms with Gasteiger partial charge >= 0.3 is 5.97 Å². The molecule has 0 aliphatic heterocycles. The molecule has 1 aromatic heterocycles. The Hall–Kier alpha value is -3.65. The lowest BCUT2D eigenvalue weighted by Gasteiger charge is -2.20. The zero-order valence-corrected chi connectivity index (χ0v) is 22.3. The van der Waals surface area contributed by atoms with Crippen LogP contribution in [0.2, 0.25) is 0 Å². The number of esters is 1. The second-order valence-electron chi connectivity index (χ2n) is 9.88. The van der Waals surface area contributed by atoms with E-state index in [0.29, 0.717) is 51.1 Å². The molecule has 4 rings (SSSR count). The van der Waals surface area contributed by atoms with Gasteiger partial charge in [-0.05, 0) is 92.4 Å². The molecule has 0 saturated carbocycles. The van der Waals surface area contributed by atoms with E-state index in [1.807, 2.05) is 26.2 Å². The van der Waals surface area contributed by atoms with Crippen LogP contribution in [0.25, 0.3) is 0 Å². The van der Waals surface area contributed by atoms with Gasteiger partial charge in [-0.3, -0.25) is 9.79 Å². The van der Waals surface area contributed by atoms with Crippen molar-refractivity contribution in [3.63, 3.8) is 0 Å². The van der Waals surface area contributed by atoms with Crippen LogP contribution in [0.5, 0.6) is 5.75 Å². The van der Waals surface area contributed by atoms with E-state index in [-0.39, 0.29) is 24.1 Å². The third-order valence-corrected chi connectivity index (χ3v) is 6.63. The van der Waals surface area contributed by atoms with Crippen LogP contribution in [0.4, 0.5) is 4.39 Å². The van der Waals surface area contributed by atoms with Crippen LogP contribution >= 0.6 is 0 Å². The van der Waals surface area contributed by atoms with Gasteiger partial charge in [0.2, 0.25) is 0 Å². The lowest BCUT2D eigenvalue weighted by molar-refractivity contribution is -0.143. The molecular weight excluding hydrogens is 485 g/mol. The second-order valence-corrected chi connectivity index (χ2v) is 9.88. The van der Waals surface area contributed by atoms with Crippen molar-refractivity contribution in [1.82, 2.24) is 9.63 Å². The van der Waals surface area contributed by atoms with Crippen LogP contribution in [0.15, 0.2) is 59.7 Å². The Balaban J connectivity index is 1.58. The molecule has 1 heterocycles. The van der Waals surface area contributed by atoms with Gasteiger partial charge in [0, 0.05) is 31.3 Å². The molecule has 0 saturated heterocycles. The first-order valence-corrected chi connectivity index (χ1v) is 13.1. The Bertz CT molecular complexity index is 1340. The van der Waals surface area contributed by atoms with Crippen molar-refractivity contribution in [2.24, 2.45) is 4.99 Å². The Kier molecular flexibility index (Phi) is 9.18. The highest BCUT2D eigenvalue weighted by Crippen LogP contribution is 2.37. The minimum atomic E-state index is -0.283. The third-order valence-electron chi connectivity index (χ3n) is 6.63. The van der Waals surface area contributed by atoms with E-state index in [4.69, 9.17) is 9.47 Å². The molecule has 1 unspecified atom stereocenters. The number of carbonyl (C=O) groups excluding carboxylic acids is 1. The smallest absolute Gasteiger partial charge is 0.306 e. The highest BCUT2D eigenvalue weighted by molar-refractivity contribution is 5.71. The van der Waals surface area contributed by atoms with Crippen molar-refractivity contribution in [3.8, 4) is 5.75 Å². The highest BCUT2D eigenvalue weighted by atomic mass is 19.1. The van der Waals surface area contributed by atoms with Gasteiger partial charge < -0.3 is 19.6 Å². The SMILES string of the molecule is CCOC(=O)CC1Cc2cc(CN(C)C)c(OCCCN=c3ccccn3O)cc2Cc2cc(F)ccc21. The first-order chi connectivity index (χ1) is 18.3. The number of carbonyl (C=O) groups is 1. The van der Waals surface area contributed by atoms with Crippen molar-refractivity contribution in [2.45, 2.75) is 45.1 Å². The van der Waals surface area contributed by atoms with Crippen LogP contribution < -0.4 is 10.2 Å². The van der Waals surface area contributed by atoms with Crippen LogP contribution in [0.3, 0.4) is 0 Å². The zero-order chi connectivity index (χ0) is 27.1. The average molecular weight is 522 g/mol. The monoisotopic (exact) mass is 521 g/mol. The van der Waals surface area contributed by atoms with Gasteiger partial charge in [-0.15, -0.1) is 0 Å². The van der Waals surface area contributed by atoms with Gasteiger partial charge in [-0.1, -0.05) is 18.2 Å². The topological polar surface area (TPSA) is 76.3 Å². The number of ether oxygens (including phenoxy) is 2. The van der Waals surface area contributed by atoms with Gasteiger partial charge in [0.15, 0.2) is 5.49 Å². The Morgan fingerprint density at radius 2 is 2.00 bits per heavy atom. The molecule has 1 aliphatic rings.